The number of H-pyrrole nitrogens is 1. The molecule has 1 heterocycles. The minimum Gasteiger partial charge on any atom is -0.497 e. The van der Waals surface area contributed by atoms with Gasteiger partial charge in [-0.3, -0.25) is 4.79 Å². The lowest BCUT2D eigenvalue weighted by atomic mass is 10.1. The van der Waals surface area contributed by atoms with Gasteiger partial charge in [-0.15, -0.1) is 0 Å². The molecule has 0 atom stereocenters. The third kappa shape index (κ3) is 2.90. The van der Waals surface area contributed by atoms with Crippen LogP contribution in [0.3, 0.4) is 0 Å². The molecule has 0 bridgehead atoms. The summed E-state index contributed by atoms with van der Waals surface area (Å²) in [5.41, 5.74) is 1.77. The van der Waals surface area contributed by atoms with Crippen molar-refractivity contribution in [3.8, 4) is 5.75 Å². The molecule has 94 valence electrons. The smallest absolute Gasteiger partial charge is 0.264 e. The van der Waals surface area contributed by atoms with Gasteiger partial charge in [0.25, 0.3) is 5.56 Å². The average Bonchev–Trinajstić information content (AvgIpc) is 2.37. The van der Waals surface area contributed by atoms with Crippen molar-refractivity contribution in [2.75, 3.05) is 7.11 Å². The maximum Gasteiger partial charge on any atom is 0.264 e. The summed E-state index contributed by atoms with van der Waals surface area (Å²) in [6.45, 7) is 1.84. The molecular formula is C13H13IN2O2. The Kier molecular flexibility index (Phi) is 4.00. The van der Waals surface area contributed by atoms with Gasteiger partial charge in [0.05, 0.1) is 16.4 Å². The molecule has 0 aliphatic rings. The van der Waals surface area contributed by atoms with Crippen LogP contribution < -0.4 is 10.3 Å². The second-order valence-corrected chi connectivity index (χ2v) is 5.02. The summed E-state index contributed by atoms with van der Waals surface area (Å²) < 4.78 is 5.74. The van der Waals surface area contributed by atoms with E-state index in [1.807, 2.05) is 53.8 Å². The molecule has 1 N–H and O–H groups in total. The molecule has 0 unspecified atom stereocenters. The van der Waals surface area contributed by atoms with E-state index in [0.29, 0.717) is 15.8 Å². The molecule has 0 aliphatic heterocycles. The van der Waals surface area contributed by atoms with Gasteiger partial charge >= 0.3 is 0 Å². The van der Waals surface area contributed by atoms with Crippen molar-refractivity contribution < 1.29 is 4.74 Å². The van der Waals surface area contributed by atoms with E-state index < -0.39 is 0 Å². The van der Waals surface area contributed by atoms with E-state index in [9.17, 15) is 4.79 Å². The number of hydrogen-bond acceptors (Lipinski definition) is 3. The highest BCUT2D eigenvalue weighted by Gasteiger charge is 2.05. The van der Waals surface area contributed by atoms with E-state index in [-0.39, 0.29) is 5.56 Å². The number of aromatic amines is 1. The SMILES string of the molecule is COc1ccc(Cc2nc(C)c(I)c(=O)[nH]2)cc1. The molecule has 4 nitrogen and oxygen atoms in total. The van der Waals surface area contributed by atoms with Crippen molar-refractivity contribution in [3.63, 3.8) is 0 Å². The number of methoxy groups -OCH3 is 1. The molecule has 0 amide bonds. The summed E-state index contributed by atoms with van der Waals surface area (Å²) >= 11 is 2.00. The van der Waals surface area contributed by atoms with Crippen LogP contribution in [0.25, 0.3) is 0 Å². The number of aryl methyl sites for hydroxylation is 1. The highest BCUT2D eigenvalue weighted by molar-refractivity contribution is 14.1. The van der Waals surface area contributed by atoms with Crippen molar-refractivity contribution in [1.29, 1.82) is 0 Å². The molecule has 0 saturated carbocycles. The Labute approximate surface area is 119 Å². The predicted octanol–water partition coefficient (Wildman–Crippen LogP) is 2.28. The zero-order valence-corrected chi connectivity index (χ0v) is 12.3. The summed E-state index contributed by atoms with van der Waals surface area (Å²) in [6.07, 6.45) is 0.608. The standard InChI is InChI=1S/C13H13IN2O2/c1-8-12(14)13(17)16-11(15-8)7-9-3-5-10(18-2)6-4-9/h3-6H,7H2,1-2H3,(H,15,16,17). The predicted molar refractivity (Wildman–Crippen MR) is 78.1 cm³/mol. The summed E-state index contributed by atoms with van der Waals surface area (Å²) in [7, 11) is 1.64. The Bertz CT molecular complexity index is 605. The number of nitrogens with zero attached hydrogens (tertiary/aromatic N) is 1. The maximum absolute atomic E-state index is 11.6. The fourth-order valence-electron chi connectivity index (χ4n) is 1.65. The normalized spacial score (nSPS) is 10.4. The highest BCUT2D eigenvalue weighted by atomic mass is 127. The number of nitrogens with one attached hydrogen (secondary N) is 1. The first-order valence-electron chi connectivity index (χ1n) is 5.48. The van der Waals surface area contributed by atoms with Crippen LogP contribution >= 0.6 is 22.6 Å². The van der Waals surface area contributed by atoms with Crippen LogP contribution in [-0.2, 0) is 6.42 Å². The van der Waals surface area contributed by atoms with E-state index in [0.717, 1.165) is 17.0 Å². The van der Waals surface area contributed by atoms with E-state index in [1.54, 1.807) is 7.11 Å². The lowest BCUT2D eigenvalue weighted by Crippen LogP contribution is -2.16. The van der Waals surface area contributed by atoms with Crippen LogP contribution in [0.4, 0.5) is 0 Å². The highest BCUT2D eigenvalue weighted by Crippen LogP contribution is 2.13. The molecule has 5 heteroatoms. The van der Waals surface area contributed by atoms with E-state index >= 15 is 0 Å². The molecule has 2 aromatic rings. The summed E-state index contributed by atoms with van der Waals surface area (Å²) in [5, 5.41) is 0. The fourth-order valence-corrected chi connectivity index (χ4v) is 1.91. The van der Waals surface area contributed by atoms with Crippen molar-refractivity contribution in [2.24, 2.45) is 0 Å². The Morgan fingerprint density at radius 1 is 1.33 bits per heavy atom. The molecule has 0 spiro atoms. The van der Waals surface area contributed by atoms with Gasteiger partial charge < -0.3 is 9.72 Å². The minimum absolute atomic E-state index is 0.0772. The number of ether oxygens (including phenoxy) is 1. The van der Waals surface area contributed by atoms with Crippen LogP contribution in [0.15, 0.2) is 29.1 Å². The Hall–Kier alpha value is -1.37. The largest absolute Gasteiger partial charge is 0.497 e. The Balaban J connectivity index is 2.25. The summed E-state index contributed by atoms with van der Waals surface area (Å²) in [6, 6.07) is 7.72. The van der Waals surface area contributed by atoms with Gasteiger partial charge in [0.1, 0.15) is 11.6 Å². The van der Waals surface area contributed by atoms with Crippen LogP contribution in [0.2, 0.25) is 0 Å². The van der Waals surface area contributed by atoms with E-state index in [1.165, 1.54) is 0 Å². The molecule has 2 rings (SSSR count). The molecule has 0 aliphatic carbocycles. The van der Waals surface area contributed by atoms with Gasteiger partial charge in [0.15, 0.2) is 0 Å². The maximum atomic E-state index is 11.6. The van der Waals surface area contributed by atoms with Crippen LogP contribution in [-0.4, -0.2) is 17.1 Å². The number of hydrogen-bond donors (Lipinski definition) is 1. The first kappa shape index (κ1) is 13.1. The second-order valence-electron chi connectivity index (χ2n) is 3.94. The topological polar surface area (TPSA) is 55.0 Å². The number of benzene rings is 1. The molecule has 1 aromatic carbocycles. The van der Waals surface area contributed by atoms with Gasteiger partial charge in [-0.05, 0) is 47.2 Å². The lowest BCUT2D eigenvalue weighted by Gasteiger charge is -2.05. The zero-order chi connectivity index (χ0) is 13.1. The van der Waals surface area contributed by atoms with Crippen LogP contribution in [0.5, 0.6) is 5.75 Å². The molecule has 0 radical (unpaired) electrons. The number of rotatable bonds is 3. The summed E-state index contributed by atoms with van der Waals surface area (Å²) in [5.74, 6) is 1.50. The Morgan fingerprint density at radius 3 is 2.56 bits per heavy atom. The minimum atomic E-state index is -0.0772. The van der Waals surface area contributed by atoms with Gasteiger partial charge in [0, 0.05) is 6.42 Å². The van der Waals surface area contributed by atoms with Gasteiger partial charge in [-0.2, -0.15) is 0 Å². The lowest BCUT2D eigenvalue weighted by molar-refractivity contribution is 0.414. The van der Waals surface area contributed by atoms with Crippen LogP contribution in [0.1, 0.15) is 17.1 Å². The monoisotopic (exact) mass is 356 g/mol. The first-order valence-corrected chi connectivity index (χ1v) is 6.56. The molecular weight excluding hydrogens is 343 g/mol. The zero-order valence-electron chi connectivity index (χ0n) is 10.2. The quantitative estimate of drug-likeness (QED) is 0.859. The number of halogens is 1. The van der Waals surface area contributed by atoms with Crippen molar-refractivity contribution in [3.05, 3.63) is 55.3 Å². The molecule has 18 heavy (non-hydrogen) atoms. The summed E-state index contributed by atoms with van der Waals surface area (Å²) in [4.78, 5) is 18.8. The van der Waals surface area contributed by atoms with Crippen molar-refractivity contribution in [2.45, 2.75) is 13.3 Å². The third-order valence-corrected chi connectivity index (χ3v) is 3.88. The molecule has 1 aromatic heterocycles. The van der Waals surface area contributed by atoms with Crippen molar-refractivity contribution >= 4 is 22.6 Å². The van der Waals surface area contributed by atoms with Crippen molar-refractivity contribution in [1.82, 2.24) is 9.97 Å². The average molecular weight is 356 g/mol. The Morgan fingerprint density at radius 2 is 2.00 bits per heavy atom. The molecule has 0 fully saturated rings. The van der Waals surface area contributed by atoms with Gasteiger partial charge in [-0.25, -0.2) is 4.98 Å². The number of aromatic nitrogens is 2. The fraction of sp³-hybridized carbons (Fsp3) is 0.231. The third-order valence-electron chi connectivity index (χ3n) is 2.61. The van der Waals surface area contributed by atoms with E-state index in [2.05, 4.69) is 9.97 Å². The first-order chi connectivity index (χ1) is 8.60. The van der Waals surface area contributed by atoms with Gasteiger partial charge in [-0.1, -0.05) is 12.1 Å². The van der Waals surface area contributed by atoms with Crippen LogP contribution in [0, 0.1) is 10.5 Å². The van der Waals surface area contributed by atoms with Gasteiger partial charge in [0.2, 0.25) is 0 Å². The van der Waals surface area contributed by atoms with E-state index in [4.69, 9.17) is 4.74 Å². The second kappa shape index (κ2) is 5.51. The molecule has 0 saturated heterocycles.